The minimum Gasteiger partial charge on any atom is -0.367 e. The first-order valence-corrected chi connectivity index (χ1v) is 13.8. The van der Waals surface area contributed by atoms with Crippen LogP contribution in [0, 0.1) is 11.3 Å². The highest BCUT2D eigenvalue weighted by molar-refractivity contribution is 8.16. The van der Waals surface area contributed by atoms with Gasteiger partial charge in [0.15, 0.2) is 11.0 Å². The summed E-state index contributed by atoms with van der Waals surface area (Å²) in [5, 5.41) is 6.23. The Hall–Kier alpha value is -2.65. The van der Waals surface area contributed by atoms with E-state index < -0.39 is 12.1 Å². The van der Waals surface area contributed by atoms with Crippen LogP contribution in [0.3, 0.4) is 0 Å². The monoisotopic (exact) mass is 508 g/mol. The number of hydrogen-bond acceptors (Lipinski definition) is 7. The fraction of sp³-hybridized carbons (Fsp3) is 0.556. The Balaban J connectivity index is 1.22. The van der Waals surface area contributed by atoms with Crippen LogP contribution in [0.1, 0.15) is 55.5 Å². The molecular weight excluding hydrogens is 476 g/mol. The Morgan fingerprint density at radius 2 is 1.97 bits per heavy atom. The van der Waals surface area contributed by atoms with E-state index in [-0.39, 0.29) is 41.6 Å². The zero-order chi connectivity index (χ0) is 25.0. The van der Waals surface area contributed by atoms with E-state index in [9.17, 15) is 14.4 Å². The van der Waals surface area contributed by atoms with Crippen LogP contribution in [0.4, 0.5) is 0 Å². The van der Waals surface area contributed by atoms with Crippen molar-refractivity contribution in [3.05, 3.63) is 40.8 Å². The highest BCUT2D eigenvalue weighted by atomic mass is 32.2. The number of benzene rings is 1. The molecule has 1 aromatic rings. The van der Waals surface area contributed by atoms with Crippen molar-refractivity contribution in [1.82, 2.24) is 15.1 Å². The standard InChI is InChI=1S/C27H32N4O4S/c1-16-13-31(21-20(32)14-35-22(16)21)25(34)23(27(2)9-3-4-10-27)29-24(33)18-7-5-17(6-8-18)19-15-36-26-28-11-12-30(19)26/h5-8,15-16,21-23H,3-4,9-14H2,1-2H3,(H,29,33)/t16-,21+,22+,23+/m0/s1. The largest absolute Gasteiger partial charge is 0.367 e. The summed E-state index contributed by atoms with van der Waals surface area (Å²) in [6.07, 6.45) is 3.56. The molecule has 6 rings (SSSR count). The number of aliphatic imine (C=N–C) groups is 1. The van der Waals surface area contributed by atoms with Gasteiger partial charge in [-0.2, -0.15) is 0 Å². The van der Waals surface area contributed by atoms with Crippen LogP contribution in [-0.4, -0.2) is 77.0 Å². The molecule has 0 aromatic heterocycles. The van der Waals surface area contributed by atoms with Gasteiger partial charge in [0.2, 0.25) is 5.91 Å². The molecule has 1 aliphatic carbocycles. The molecular formula is C27H32N4O4S. The van der Waals surface area contributed by atoms with Gasteiger partial charge in [0.05, 0.1) is 18.3 Å². The average molecular weight is 509 g/mol. The van der Waals surface area contributed by atoms with Gasteiger partial charge in [-0.3, -0.25) is 19.4 Å². The number of thioether (sulfide) groups is 1. The summed E-state index contributed by atoms with van der Waals surface area (Å²) in [5.41, 5.74) is 2.33. The maximum Gasteiger partial charge on any atom is 0.251 e. The molecule has 4 atom stereocenters. The van der Waals surface area contributed by atoms with E-state index in [2.05, 4.69) is 27.5 Å². The molecule has 5 aliphatic rings. The van der Waals surface area contributed by atoms with E-state index in [0.29, 0.717) is 12.1 Å². The molecule has 0 bridgehead atoms. The lowest BCUT2D eigenvalue weighted by Gasteiger charge is -2.37. The topological polar surface area (TPSA) is 91.3 Å². The lowest BCUT2D eigenvalue weighted by Crippen LogP contribution is -2.57. The van der Waals surface area contributed by atoms with Crippen LogP contribution >= 0.6 is 11.8 Å². The molecule has 190 valence electrons. The van der Waals surface area contributed by atoms with Gasteiger partial charge in [0, 0.05) is 30.0 Å². The Kier molecular flexibility index (Phi) is 5.95. The molecule has 1 saturated carbocycles. The van der Waals surface area contributed by atoms with Gasteiger partial charge >= 0.3 is 0 Å². The minimum atomic E-state index is -0.677. The number of ketones is 1. The SMILES string of the molecule is C[C@H]1CN(C(=O)[C@@H](NC(=O)c2ccc(C3=CSC4=NCCN34)cc2)C2(C)CCCC2)[C@@H]2C(=O)CO[C@@H]21. The molecule has 4 heterocycles. The lowest BCUT2D eigenvalue weighted by atomic mass is 9.79. The van der Waals surface area contributed by atoms with Crippen molar-refractivity contribution in [3.63, 3.8) is 0 Å². The normalized spacial score (nSPS) is 29.2. The second-order valence-corrected chi connectivity index (χ2v) is 11.8. The first-order chi connectivity index (χ1) is 17.4. The molecule has 2 amide bonds. The predicted molar refractivity (Wildman–Crippen MR) is 138 cm³/mol. The molecule has 0 spiro atoms. The van der Waals surface area contributed by atoms with Crippen molar-refractivity contribution in [1.29, 1.82) is 0 Å². The second kappa shape index (κ2) is 9.03. The van der Waals surface area contributed by atoms with Crippen molar-refractivity contribution in [2.24, 2.45) is 16.3 Å². The van der Waals surface area contributed by atoms with Crippen LogP contribution in [0.2, 0.25) is 0 Å². The number of rotatable bonds is 5. The number of fused-ring (bicyclic) bond motifs is 2. The van der Waals surface area contributed by atoms with Gasteiger partial charge in [-0.15, -0.1) is 0 Å². The highest BCUT2D eigenvalue weighted by Gasteiger charge is 2.54. The molecule has 8 nitrogen and oxygen atoms in total. The fourth-order valence-corrected chi connectivity index (χ4v) is 7.41. The van der Waals surface area contributed by atoms with E-state index >= 15 is 0 Å². The molecule has 4 aliphatic heterocycles. The Morgan fingerprint density at radius 1 is 1.22 bits per heavy atom. The van der Waals surface area contributed by atoms with Gasteiger partial charge in [-0.25, -0.2) is 0 Å². The summed E-state index contributed by atoms with van der Waals surface area (Å²) in [4.78, 5) is 48.3. The maximum atomic E-state index is 13.9. The van der Waals surface area contributed by atoms with E-state index in [4.69, 9.17) is 4.74 Å². The van der Waals surface area contributed by atoms with E-state index in [0.717, 1.165) is 55.2 Å². The van der Waals surface area contributed by atoms with Crippen LogP contribution in [-0.2, 0) is 14.3 Å². The minimum absolute atomic E-state index is 0.0412. The second-order valence-electron chi connectivity index (χ2n) is 10.9. The number of Topliss-reactive ketones (excluding diaryl/α,β-unsaturated/α-hetero) is 1. The number of amides is 2. The average Bonchev–Trinajstić information content (AvgIpc) is 3.68. The maximum absolute atomic E-state index is 13.9. The number of carbonyl (C=O) groups is 3. The number of nitrogens with zero attached hydrogens (tertiary/aromatic N) is 3. The lowest BCUT2D eigenvalue weighted by molar-refractivity contribution is -0.140. The zero-order valence-electron chi connectivity index (χ0n) is 20.7. The summed E-state index contributed by atoms with van der Waals surface area (Å²) >= 11 is 1.63. The molecule has 3 fully saturated rings. The molecule has 2 saturated heterocycles. The smallest absolute Gasteiger partial charge is 0.251 e. The van der Waals surface area contributed by atoms with Crippen LogP contribution in [0.25, 0.3) is 5.70 Å². The third-order valence-electron chi connectivity index (χ3n) is 8.50. The number of amidine groups is 1. The Bertz CT molecular complexity index is 1160. The molecule has 0 radical (unpaired) electrons. The van der Waals surface area contributed by atoms with Crippen molar-refractivity contribution < 1.29 is 19.1 Å². The summed E-state index contributed by atoms with van der Waals surface area (Å²) in [6.45, 7) is 6.34. The van der Waals surface area contributed by atoms with Crippen LogP contribution in [0.15, 0.2) is 34.7 Å². The van der Waals surface area contributed by atoms with Gasteiger partial charge in [-0.05, 0) is 36.0 Å². The molecule has 1 N–H and O–H groups in total. The van der Waals surface area contributed by atoms with Crippen molar-refractivity contribution >= 4 is 40.2 Å². The Labute approximate surface area is 215 Å². The van der Waals surface area contributed by atoms with Gasteiger partial charge in [0.25, 0.3) is 5.91 Å². The van der Waals surface area contributed by atoms with Crippen LogP contribution < -0.4 is 5.32 Å². The van der Waals surface area contributed by atoms with Gasteiger partial charge < -0.3 is 19.9 Å². The summed E-state index contributed by atoms with van der Waals surface area (Å²) in [7, 11) is 0. The van der Waals surface area contributed by atoms with E-state index in [1.165, 1.54) is 0 Å². The summed E-state index contributed by atoms with van der Waals surface area (Å²) in [5.74, 6) is -0.365. The first kappa shape index (κ1) is 23.7. The molecule has 1 aromatic carbocycles. The van der Waals surface area contributed by atoms with Crippen molar-refractivity contribution in [3.8, 4) is 0 Å². The molecule has 36 heavy (non-hydrogen) atoms. The highest BCUT2D eigenvalue weighted by Crippen LogP contribution is 2.43. The van der Waals surface area contributed by atoms with Crippen LogP contribution in [0.5, 0.6) is 0 Å². The number of ether oxygens (including phenoxy) is 1. The number of nitrogens with one attached hydrogen (secondary N) is 1. The molecule has 9 heteroatoms. The van der Waals surface area contributed by atoms with Gasteiger partial charge in [-0.1, -0.05) is 50.6 Å². The Morgan fingerprint density at radius 3 is 2.72 bits per heavy atom. The first-order valence-electron chi connectivity index (χ1n) is 12.9. The number of likely N-dealkylation sites (tertiary alicyclic amines) is 1. The summed E-state index contributed by atoms with van der Waals surface area (Å²) < 4.78 is 5.69. The van der Waals surface area contributed by atoms with E-state index in [1.807, 2.05) is 31.2 Å². The van der Waals surface area contributed by atoms with Crippen molar-refractivity contribution in [2.75, 3.05) is 26.2 Å². The van der Waals surface area contributed by atoms with E-state index in [1.54, 1.807) is 16.7 Å². The third kappa shape index (κ3) is 3.87. The summed E-state index contributed by atoms with van der Waals surface area (Å²) in [6, 6.07) is 6.34. The molecule has 0 unspecified atom stereocenters. The quantitative estimate of drug-likeness (QED) is 0.658. The fourth-order valence-electron chi connectivity index (χ4n) is 6.44. The van der Waals surface area contributed by atoms with Gasteiger partial charge in [0.1, 0.15) is 18.7 Å². The number of carbonyl (C=O) groups excluding carboxylic acids is 3. The van der Waals surface area contributed by atoms with Crippen molar-refractivity contribution in [2.45, 2.75) is 57.7 Å². The third-order valence-corrected chi connectivity index (χ3v) is 9.40. The number of hydrogen-bond donors (Lipinski definition) is 1. The predicted octanol–water partition coefficient (Wildman–Crippen LogP) is 2.90. The zero-order valence-corrected chi connectivity index (χ0v) is 21.6.